The molecule has 0 bridgehead atoms. The second-order valence-electron chi connectivity index (χ2n) is 4.27. The third kappa shape index (κ3) is 4.41. The van der Waals surface area contributed by atoms with E-state index >= 15 is 0 Å². The van der Waals surface area contributed by atoms with Gasteiger partial charge in [-0.2, -0.15) is 0 Å². The minimum Gasteiger partial charge on any atom is -0.393 e. The van der Waals surface area contributed by atoms with Crippen LogP contribution in [0, 0.1) is 12.7 Å². The van der Waals surface area contributed by atoms with Crippen LogP contribution in [0.3, 0.4) is 0 Å². The zero-order valence-corrected chi connectivity index (χ0v) is 11.3. The largest absolute Gasteiger partial charge is 0.393 e. The van der Waals surface area contributed by atoms with E-state index in [1.165, 1.54) is 12.1 Å². The van der Waals surface area contributed by atoms with Crippen molar-refractivity contribution in [2.45, 2.75) is 32.7 Å². The Bertz CT molecular complexity index is 442. The van der Waals surface area contributed by atoms with Crippen LogP contribution in [-0.2, 0) is 0 Å². The first-order chi connectivity index (χ1) is 8.42. The van der Waals surface area contributed by atoms with E-state index in [9.17, 15) is 9.18 Å². The molecule has 18 heavy (non-hydrogen) atoms. The summed E-state index contributed by atoms with van der Waals surface area (Å²) in [6, 6.07) is 4.13. The van der Waals surface area contributed by atoms with E-state index < -0.39 is 5.82 Å². The lowest BCUT2D eigenvalue weighted by atomic mass is 10.1. The Morgan fingerprint density at radius 3 is 2.67 bits per heavy atom. The van der Waals surface area contributed by atoms with Gasteiger partial charge in [0.15, 0.2) is 0 Å². The van der Waals surface area contributed by atoms with Crippen molar-refractivity contribution in [3.63, 3.8) is 0 Å². The zero-order chi connectivity index (χ0) is 13.7. The third-order valence-electron chi connectivity index (χ3n) is 2.58. The van der Waals surface area contributed by atoms with Gasteiger partial charge in [-0.1, -0.05) is 19.1 Å². The standard InChI is InChI=1S/C13H17FN2OS/c1-3-11(7-12(15)18)16-13(17)9-4-8(2)5-10(14)6-9/h4-6,11H,3,7H2,1-2H3,(H2,15,18)(H,16,17). The van der Waals surface area contributed by atoms with Crippen LogP contribution in [0.5, 0.6) is 0 Å². The van der Waals surface area contributed by atoms with Crippen molar-refractivity contribution in [1.82, 2.24) is 5.32 Å². The number of benzene rings is 1. The van der Waals surface area contributed by atoms with Gasteiger partial charge in [0.05, 0.1) is 4.99 Å². The lowest BCUT2D eigenvalue weighted by Crippen LogP contribution is -2.37. The summed E-state index contributed by atoms with van der Waals surface area (Å²) in [6.07, 6.45) is 1.17. The van der Waals surface area contributed by atoms with E-state index in [-0.39, 0.29) is 11.9 Å². The average Bonchev–Trinajstić information content (AvgIpc) is 2.26. The molecule has 1 unspecified atom stereocenters. The van der Waals surface area contributed by atoms with Gasteiger partial charge < -0.3 is 11.1 Å². The summed E-state index contributed by atoms with van der Waals surface area (Å²) in [5, 5.41) is 2.80. The van der Waals surface area contributed by atoms with Crippen LogP contribution in [-0.4, -0.2) is 16.9 Å². The third-order valence-corrected chi connectivity index (χ3v) is 2.75. The number of amides is 1. The van der Waals surface area contributed by atoms with Gasteiger partial charge in [-0.25, -0.2) is 4.39 Å². The van der Waals surface area contributed by atoms with Gasteiger partial charge in [-0.05, 0) is 37.1 Å². The fourth-order valence-corrected chi connectivity index (χ4v) is 1.88. The molecule has 98 valence electrons. The van der Waals surface area contributed by atoms with Crippen molar-refractivity contribution in [2.24, 2.45) is 5.73 Å². The van der Waals surface area contributed by atoms with Crippen LogP contribution in [0.15, 0.2) is 18.2 Å². The molecule has 0 saturated carbocycles. The maximum Gasteiger partial charge on any atom is 0.251 e. The smallest absolute Gasteiger partial charge is 0.251 e. The number of nitrogens with one attached hydrogen (secondary N) is 1. The van der Waals surface area contributed by atoms with E-state index in [0.29, 0.717) is 22.5 Å². The SMILES string of the molecule is CCC(CC(N)=S)NC(=O)c1cc(C)cc(F)c1. The molecule has 1 aromatic rings. The van der Waals surface area contributed by atoms with Gasteiger partial charge in [-0.3, -0.25) is 4.79 Å². The number of hydrogen-bond donors (Lipinski definition) is 2. The van der Waals surface area contributed by atoms with Crippen LogP contribution in [0.25, 0.3) is 0 Å². The molecule has 1 aromatic carbocycles. The zero-order valence-electron chi connectivity index (χ0n) is 10.5. The summed E-state index contributed by atoms with van der Waals surface area (Å²) in [5.74, 6) is -0.719. The van der Waals surface area contributed by atoms with E-state index in [1.54, 1.807) is 13.0 Å². The second kappa shape index (κ2) is 6.44. The molecule has 0 heterocycles. The predicted octanol–water partition coefficient (Wildman–Crippen LogP) is 2.32. The Balaban J connectivity index is 2.77. The van der Waals surface area contributed by atoms with Crippen LogP contribution in [0.1, 0.15) is 35.7 Å². The highest BCUT2D eigenvalue weighted by Gasteiger charge is 2.14. The summed E-state index contributed by atoms with van der Waals surface area (Å²) in [4.78, 5) is 12.3. The summed E-state index contributed by atoms with van der Waals surface area (Å²) < 4.78 is 13.2. The molecule has 0 fully saturated rings. The van der Waals surface area contributed by atoms with E-state index in [1.807, 2.05) is 6.92 Å². The van der Waals surface area contributed by atoms with Crippen LogP contribution in [0.2, 0.25) is 0 Å². The normalized spacial score (nSPS) is 11.9. The van der Waals surface area contributed by atoms with E-state index in [4.69, 9.17) is 18.0 Å². The molecule has 0 aliphatic carbocycles. The molecule has 0 aliphatic heterocycles. The minimum atomic E-state index is -0.414. The van der Waals surface area contributed by atoms with Crippen molar-refractivity contribution < 1.29 is 9.18 Å². The Labute approximate surface area is 112 Å². The van der Waals surface area contributed by atoms with E-state index in [2.05, 4.69) is 5.32 Å². The summed E-state index contributed by atoms with van der Waals surface area (Å²) >= 11 is 4.82. The molecule has 1 amide bonds. The lowest BCUT2D eigenvalue weighted by Gasteiger charge is -2.16. The number of carbonyl (C=O) groups is 1. The summed E-state index contributed by atoms with van der Waals surface area (Å²) in [6.45, 7) is 3.67. The molecule has 0 aliphatic rings. The highest BCUT2D eigenvalue weighted by Crippen LogP contribution is 2.09. The van der Waals surface area contributed by atoms with Gasteiger partial charge in [0, 0.05) is 18.0 Å². The molecule has 1 atom stereocenters. The number of rotatable bonds is 5. The Hall–Kier alpha value is -1.49. The van der Waals surface area contributed by atoms with Crippen LogP contribution in [0.4, 0.5) is 4.39 Å². The quantitative estimate of drug-likeness (QED) is 0.806. The fourth-order valence-electron chi connectivity index (χ4n) is 1.68. The lowest BCUT2D eigenvalue weighted by molar-refractivity contribution is 0.0936. The molecule has 0 aromatic heterocycles. The number of aryl methyl sites for hydroxylation is 1. The summed E-state index contributed by atoms with van der Waals surface area (Å²) in [7, 11) is 0. The number of hydrogen-bond acceptors (Lipinski definition) is 2. The highest BCUT2D eigenvalue weighted by molar-refractivity contribution is 7.80. The van der Waals surface area contributed by atoms with Crippen LogP contribution >= 0.6 is 12.2 Å². The molecule has 5 heteroatoms. The number of nitrogens with two attached hydrogens (primary N) is 1. The first-order valence-corrected chi connectivity index (χ1v) is 6.19. The molecule has 0 radical (unpaired) electrons. The topological polar surface area (TPSA) is 55.1 Å². The van der Waals surface area contributed by atoms with Gasteiger partial charge in [0.25, 0.3) is 5.91 Å². The molecule has 0 saturated heterocycles. The first-order valence-electron chi connectivity index (χ1n) is 5.78. The van der Waals surface area contributed by atoms with Gasteiger partial charge in [0.1, 0.15) is 5.82 Å². The van der Waals surface area contributed by atoms with E-state index in [0.717, 1.165) is 6.42 Å². The van der Waals surface area contributed by atoms with Crippen molar-refractivity contribution in [1.29, 1.82) is 0 Å². The fraction of sp³-hybridized carbons (Fsp3) is 0.385. The van der Waals surface area contributed by atoms with Crippen molar-refractivity contribution in [2.75, 3.05) is 0 Å². The maximum absolute atomic E-state index is 13.2. The number of carbonyl (C=O) groups excluding carboxylic acids is 1. The Morgan fingerprint density at radius 2 is 2.17 bits per heavy atom. The monoisotopic (exact) mass is 268 g/mol. The predicted molar refractivity (Wildman–Crippen MR) is 74.1 cm³/mol. The number of halogens is 1. The van der Waals surface area contributed by atoms with Gasteiger partial charge >= 0.3 is 0 Å². The Kier molecular flexibility index (Phi) is 5.22. The molecule has 3 nitrogen and oxygen atoms in total. The van der Waals surface area contributed by atoms with Crippen molar-refractivity contribution in [3.8, 4) is 0 Å². The van der Waals surface area contributed by atoms with Crippen molar-refractivity contribution in [3.05, 3.63) is 35.1 Å². The summed E-state index contributed by atoms with van der Waals surface area (Å²) in [5.41, 5.74) is 6.48. The highest BCUT2D eigenvalue weighted by atomic mass is 32.1. The molecular formula is C13H17FN2OS. The Morgan fingerprint density at radius 1 is 1.50 bits per heavy atom. The molecule has 0 spiro atoms. The minimum absolute atomic E-state index is 0.112. The molecule has 3 N–H and O–H groups in total. The van der Waals surface area contributed by atoms with Gasteiger partial charge in [0.2, 0.25) is 0 Å². The number of thiocarbonyl (C=S) groups is 1. The van der Waals surface area contributed by atoms with Gasteiger partial charge in [-0.15, -0.1) is 0 Å². The molecular weight excluding hydrogens is 251 g/mol. The maximum atomic E-state index is 13.2. The van der Waals surface area contributed by atoms with Crippen LogP contribution < -0.4 is 11.1 Å². The second-order valence-corrected chi connectivity index (χ2v) is 4.79. The molecule has 1 rings (SSSR count). The first kappa shape index (κ1) is 14.6. The van der Waals surface area contributed by atoms with Crippen molar-refractivity contribution >= 4 is 23.1 Å². The average molecular weight is 268 g/mol.